The van der Waals surface area contributed by atoms with Gasteiger partial charge in [0.15, 0.2) is 0 Å². The molecule has 0 fully saturated rings. The van der Waals surface area contributed by atoms with Gasteiger partial charge in [0, 0.05) is 12.6 Å². The van der Waals surface area contributed by atoms with E-state index in [0.717, 1.165) is 12.8 Å². The van der Waals surface area contributed by atoms with E-state index in [-0.39, 0.29) is 6.04 Å². The highest BCUT2D eigenvalue weighted by molar-refractivity contribution is 5.83. The second-order valence-electron chi connectivity index (χ2n) is 5.52. The second kappa shape index (κ2) is 9.00. The van der Waals surface area contributed by atoms with Gasteiger partial charge < -0.3 is 15.4 Å². The van der Waals surface area contributed by atoms with Crippen molar-refractivity contribution in [2.45, 2.75) is 39.7 Å². The molecule has 0 spiro atoms. The molecule has 1 aromatic carbocycles. The maximum absolute atomic E-state index is 11.5. The van der Waals surface area contributed by atoms with Crippen molar-refractivity contribution in [3.05, 3.63) is 35.9 Å². The molecule has 1 atom stereocenters. The predicted molar refractivity (Wildman–Crippen MR) is 82.1 cm³/mol. The minimum absolute atomic E-state index is 0.0596. The first-order valence-electron chi connectivity index (χ1n) is 7.27. The van der Waals surface area contributed by atoms with Gasteiger partial charge in [0.2, 0.25) is 0 Å². The lowest BCUT2D eigenvalue weighted by Crippen LogP contribution is -2.38. The van der Waals surface area contributed by atoms with Gasteiger partial charge in [0.05, 0.1) is 0 Å². The van der Waals surface area contributed by atoms with E-state index in [9.17, 15) is 9.59 Å². The van der Waals surface area contributed by atoms with Crippen molar-refractivity contribution in [3.63, 3.8) is 0 Å². The SMILES string of the molecule is CC(C)CNC(=O)OC(=O)NC(C)CCc1ccccc1. The van der Waals surface area contributed by atoms with Gasteiger partial charge in [-0.15, -0.1) is 0 Å². The molecule has 2 N–H and O–H groups in total. The zero-order valence-corrected chi connectivity index (χ0v) is 12.9. The van der Waals surface area contributed by atoms with Crippen molar-refractivity contribution >= 4 is 12.2 Å². The third kappa shape index (κ3) is 7.97. The summed E-state index contributed by atoms with van der Waals surface area (Å²) in [5.41, 5.74) is 1.22. The summed E-state index contributed by atoms with van der Waals surface area (Å²) in [6, 6.07) is 9.98. The fraction of sp³-hybridized carbons (Fsp3) is 0.500. The van der Waals surface area contributed by atoms with Crippen molar-refractivity contribution in [1.82, 2.24) is 10.6 Å². The van der Waals surface area contributed by atoms with Crippen molar-refractivity contribution in [2.24, 2.45) is 5.92 Å². The van der Waals surface area contributed by atoms with Gasteiger partial charge in [0.25, 0.3) is 0 Å². The van der Waals surface area contributed by atoms with Crippen molar-refractivity contribution in [2.75, 3.05) is 6.54 Å². The van der Waals surface area contributed by atoms with E-state index >= 15 is 0 Å². The number of amides is 2. The van der Waals surface area contributed by atoms with Crippen LogP contribution in [0.1, 0.15) is 32.8 Å². The van der Waals surface area contributed by atoms with Crippen LogP contribution in [0.25, 0.3) is 0 Å². The Morgan fingerprint density at radius 2 is 1.76 bits per heavy atom. The average molecular weight is 292 g/mol. The molecule has 0 saturated heterocycles. The molecular formula is C16H24N2O3. The monoisotopic (exact) mass is 292 g/mol. The Kier molecular flexibility index (Phi) is 7.29. The van der Waals surface area contributed by atoms with E-state index in [4.69, 9.17) is 0 Å². The number of nitrogens with one attached hydrogen (secondary N) is 2. The zero-order valence-electron chi connectivity index (χ0n) is 12.9. The van der Waals surface area contributed by atoms with E-state index in [1.807, 2.05) is 51.1 Å². The molecule has 0 aliphatic carbocycles. The molecule has 0 aliphatic rings. The highest BCUT2D eigenvalue weighted by atomic mass is 16.6. The molecule has 0 heterocycles. The van der Waals surface area contributed by atoms with Gasteiger partial charge >= 0.3 is 12.2 Å². The Bertz CT molecular complexity index is 446. The fourth-order valence-corrected chi connectivity index (χ4v) is 1.74. The summed E-state index contributed by atoms with van der Waals surface area (Å²) in [5.74, 6) is 0.311. The number of alkyl carbamates (subject to hydrolysis) is 2. The van der Waals surface area contributed by atoms with Crippen LogP contribution in [0.4, 0.5) is 9.59 Å². The lowest BCUT2D eigenvalue weighted by Gasteiger charge is -2.14. The van der Waals surface area contributed by atoms with E-state index in [2.05, 4.69) is 15.4 Å². The minimum Gasteiger partial charge on any atom is -0.359 e. The second-order valence-corrected chi connectivity index (χ2v) is 5.52. The van der Waals surface area contributed by atoms with Crippen LogP contribution in [-0.4, -0.2) is 24.8 Å². The first kappa shape index (κ1) is 17.0. The van der Waals surface area contributed by atoms with Crippen LogP contribution < -0.4 is 10.6 Å². The van der Waals surface area contributed by atoms with Gasteiger partial charge in [0.1, 0.15) is 0 Å². The topological polar surface area (TPSA) is 67.4 Å². The molecule has 0 radical (unpaired) electrons. The number of aryl methyl sites for hydroxylation is 1. The molecule has 0 aliphatic heterocycles. The lowest BCUT2D eigenvalue weighted by atomic mass is 10.1. The Morgan fingerprint density at radius 3 is 2.38 bits per heavy atom. The van der Waals surface area contributed by atoms with Crippen molar-refractivity contribution < 1.29 is 14.3 Å². The number of hydrogen-bond acceptors (Lipinski definition) is 3. The molecule has 5 nitrogen and oxygen atoms in total. The molecule has 0 bridgehead atoms. The van der Waals surface area contributed by atoms with Crippen molar-refractivity contribution in [3.8, 4) is 0 Å². The summed E-state index contributed by atoms with van der Waals surface area (Å²) in [7, 11) is 0. The Balaban J connectivity index is 2.22. The van der Waals surface area contributed by atoms with Gasteiger partial charge in [-0.2, -0.15) is 0 Å². The molecule has 0 saturated carbocycles. The first-order chi connectivity index (χ1) is 9.97. The van der Waals surface area contributed by atoms with Gasteiger partial charge in [-0.1, -0.05) is 44.2 Å². The number of rotatable bonds is 6. The standard InChI is InChI=1S/C16H24N2O3/c1-12(2)11-17-15(19)21-16(20)18-13(3)9-10-14-7-5-4-6-8-14/h4-8,12-13H,9-11H2,1-3H3,(H,17,19)(H,18,20). The first-order valence-corrected chi connectivity index (χ1v) is 7.27. The van der Waals surface area contributed by atoms with Crippen LogP contribution in [0, 0.1) is 5.92 Å². The number of benzene rings is 1. The molecule has 1 unspecified atom stereocenters. The summed E-state index contributed by atoms with van der Waals surface area (Å²) in [6.07, 6.45) is 0.224. The number of ether oxygens (including phenoxy) is 1. The lowest BCUT2D eigenvalue weighted by molar-refractivity contribution is 0.147. The summed E-state index contributed by atoms with van der Waals surface area (Å²) in [5, 5.41) is 5.17. The normalized spacial score (nSPS) is 11.8. The zero-order chi connectivity index (χ0) is 15.7. The van der Waals surface area contributed by atoms with Crippen LogP contribution in [-0.2, 0) is 11.2 Å². The highest BCUT2D eigenvalue weighted by Crippen LogP contribution is 2.04. The van der Waals surface area contributed by atoms with Crippen LogP contribution in [0.2, 0.25) is 0 Å². The smallest absolute Gasteiger partial charge is 0.359 e. The van der Waals surface area contributed by atoms with Gasteiger partial charge in [-0.05, 0) is 31.2 Å². The predicted octanol–water partition coefficient (Wildman–Crippen LogP) is 3.10. The molecular weight excluding hydrogens is 268 g/mol. The number of hydrogen-bond donors (Lipinski definition) is 2. The third-order valence-corrected chi connectivity index (χ3v) is 2.91. The molecule has 116 valence electrons. The molecule has 2 amide bonds. The fourth-order valence-electron chi connectivity index (χ4n) is 1.74. The van der Waals surface area contributed by atoms with Crippen LogP contribution in [0.5, 0.6) is 0 Å². The quantitative estimate of drug-likeness (QED) is 0.792. The number of carbonyl (C=O) groups is 2. The number of carbonyl (C=O) groups excluding carboxylic acids is 2. The summed E-state index contributed by atoms with van der Waals surface area (Å²) in [6.45, 7) is 6.30. The largest absolute Gasteiger partial charge is 0.416 e. The van der Waals surface area contributed by atoms with Crippen LogP contribution in [0.15, 0.2) is 30.3 Å². The van der Waals surface area contributed by atoms with Gasteiger partial charge in [-0.25, -0.2) is 9.59 Å². The Labute approximate surface area is 126 Å². The van der Waals surface area contributed by atoms with Crippen LogP contribution in [0.3, 0.4) is 0 Å². The maximum Gasteiger partial charge on any atom is 0.416 e. The van der Waals surface area contributed by atoms with E-state index in [0.29, 0.717) is 12.5 Å². The summed E-state index contributed by atoms with van der Waals surface area (Å²) >= 11 is 0. The van der Waals surface area contributed by atoms with Crippen LogP contribution >= 0.6 is 0 Å². The van der Waals surface area contributed by atoms with E-state index < -0.39 is 12.2 Å². The average Bonchev–Trinajstić information content (AvgIpc) is 2.44. The third-order valence-electron chi connectivity index (χ3n) is 2.91. The summed E-state index contributed by atoms with van der Waals surface area (Å²) in [4.78, 5) is 22.9. The molecule has 1 rings (SSSR count). The molecule has 21 heavy (non-hydrogen) atoms. The minimum atomic E-state index is -0.712. The molecule has 5 heteroatoms. The van der Waals surface area contributed by atoms with Crippen molar-refractivity contribution in [1.29, 1.82) is 0 Å². The Hall–Kier alpha value is -2.04. The Morgan fingerprint density at radius 1 is 1.10 bits per heavy atom. The highest BCUT2D eigenvalue weighted by Gasteiger charge is 2.13. The molecule has 1 aromatic rings. The maximum atomic E-state index is 11.5. The van der Waals surface area contributed by atoms with Gasteiger partial charge in [-0.3, -0.25) is 0 Å². The summed E-state index contributed by atoms with van der Waals surface area (Å²) < 4.78 is 4.62. The van der Waals surface area contributed by atoms with E-state index in [1.54, 1.807) is 0 Å². The molecule has 0 aromatic heterocycles. The van der Waals surface area contributed by atoms with E-state index in [1.165, 1.54) is 5.56 Å².